The molecule has 0 unspecified atom stereocenters. The molecule has 158 valence electrons. The van der Waals surface area contributed by atoms with Crippen molar-refractivity contribution in [2.45, 2.75) is 25.4 Å². The first-order valence-electron chi connectivity index (χ1n) is 9.69. The number of hydrogen-bond donors (Lipinski definition) is 0. The van der Waals surface area contributed by atoms with Crippen molar-refractivity contribution in [3.05, 3.63) is 51.6 Å². The van der Waals surface area contributed by atoms with Crippen LogP contribution in [-0.4, -0.2) is 39.2 Å². The highest BCUT2D eigenvalue weighted by atomic mass is 32.2. The number of rotatable bonds is 4. The van der Waals surface area contributed by atoms with Gasteiger partial charge in [-0.2, -0.15) is 0 Å². The number of nitrogens with zero attached hydrogens (tertiary/aromatic N) is 3. The average Bonchev–Trinajstić information content (AvgIpc) is 3.13. The number of amides is 1. The van der Waals surface area contributed by atoms with Gasteiger partial charge < -0.3 is 4.90 Å². The summed E-state index contributed by atoms with van der Waals surface area (Å²) in [6.45, 7) is 5.68. The van der Waals surface area contributed by atoms with Crippen molar-refractivity contribution in [2.75, 3.05) is 18.8 Å². The molecule has 0 N–H and O–H groups in total. The van der Waals surface area contributed by atoms with E-state index in [1.807, 2.05) is 4.90 Å². The number of hydrogen-bond acceptors (Lipinski definition) is 5. The van der Waals surface area contributed by atoms with E-state index in [0.717, 1.165) is 36.4 Å². The Morgan fingerprint density at radius 1 is 1.20 bits per heavy atom. The van der Waals surface area contributed by atoms with E-state index in [-0.39, 0.29) is 22.5 Å². The summed E-state index contributed by atoms with van der Waals surface area (Å²) in [6.07, 6.45) is 1.10. The molecule has 9 heteroatoms. The zero-order valence-corrected chi connectivity index (χ0v) is 18.2. The molecule has 0 aliphatic carbocycles. The molecule has 0 bridgehead atoms. The molecule has 0 radical (unpaired) electrons. The van der Waals surface area contributed by atoms with Gasteiger partial charge in [-0.25, -0.2) is 13.8 Å². The summed E-state index contributed by atoms with van der Waals surface area (Å²) in [6, 6.07) is 4.65. The molecule has 0 spiro atoms. The van der Waals surface area contributed by atoms with E-state index in [4.69, 9.17) is 0 Å². The smallest absolute Gasteiger partial charge is 0.276 e. The molecular formula is C21H21F2N3O2S2. The summed E-state index contributed by atoms with van der Waals surface area (Å²) in [7, 11) is 0. The van der Waals surface area contributed by atoms with Gasteiger partial charge in [-0.3, -0.25) is 14.2 Å². The van der Waals surface area contributed by atoms with E-state index < -0.39 is 17.2 Å². The third kappa shape index (κ3) is 4.27. The Bertz CT molecular complexity index is 1130. The van der Waals surface area contributed by atoms with Crippen LogP contribution in [0.4, 0.5) is 8.78 Å². The Kier molecular flexibility index (Phi) is 5.92. The normalized spacial score (nSPS) is 19.4. The van der Waals surface area contributed by atoms with Gasteiger partial charge in [0.2, 0.25) is 5.91 Å². The molecule has 4 rings (SSSR count). The number of benzene rings is 1. The number of carbonyl (C=O) groups excluding carboxylic acids is 1. The van der Waals surface area contributed by atoms with Gasteiger partial charge in [-0.15, -0.1) is 11.3 Å². The van der Waals surface area contributed by atoms with E-state index in [9.17, 15) is 18.4 Å². The molecule has 2 aromatic heterocycles. The van der Waals surface area contributed by atoms with Crippen molar-refractivity contribution >= 4 is 39.2 Å². The van der Waals surface area contributed by atoms with Gasteiger partial charge in [-0.05, 0) is 41.8 Å². The van der Waals surface area contributed by atoms with Gasteiger partial charge in [0.25, 0.3) is 5.56 Å². The van der Waals surface area contributed by atoms with Crippen molar-refractivity contribution < 1.29 is 13.6 Å². The van der Waals surface area contributed by atoms with Crippen LogP contribution < -0.4 is 5.56 Å². The van der Waals surface area contributed by atoms with Gasteiger partial charge in [0.15, 0.2) is 5.16 Å². The quantitative estimate of drug-likeness (QED) is 0.440. The van der Waals surface area contributed by atoms with Crippen molar-refractivity contribution in [3.8, 4) is 5.69 Å². The SMILES string of the molecule is C[C@@H]1C[C@@H](C)CN(C(=O)CSc2nc3ccsc3c(=O)n2-c2cc(F)cc(F)c2)C1. The van der Waals surface area contributed by atoms with E-state index >= 15 is 0 Å². The van der Waals surface area contributed by atoms with Gasteiger partial charge in [0.05, 0.1) is 17.0 Å². The zero-order chi connectivity index (χ0) is 21.4. The number of piperidine rings is 1. The van der Waals surface area contributed by atoms with E-state index in [1.165, 1.54) is 15.9 Å². The molecule has 2 atom stereocenters. The molecule has 1 amide bonds. The number of carbonyl (C=O) groups is 1. The molecular weight excluding hydrogens is 428 g/mol. The van der Waals surface area contributed by atoms with Gasteiger partial charge >= 0.3 is 0 Å². The van der Waals surface area contributed by atoms with E-state index in [0.29, 0.717) is 35.1 Å². The van der Waals surface area contributed by atoms with Crippen LogP contribution in [0.2, 0.25) is 0 Å². The fourth-order valence-corrected chi connectivity index (χ4v) is 5.64. The number of thioether (sulfide) groups is 1. The minimum Gasteiger partial charge on any atom is -0.341 e. The number of likely N-dealkylation sites (tertiary alicyclic amines) is 1. The van der Waals surface area contributed by atoms with Crippen molar-refractivity contribution in [3.63, 3.8) is 0 Å². The summed E-state index contributed by atoms with van der Waals surface area (Å²) < 4.78 is 29.2. The highest BCUT2D eigenvalue weighted by Crippen LogP contribution is 2.26. The summed E-state index contributed by atoms with van der Waals surface area (Å²) in [5, 5.41) is 1.98. The fourth-order valence-electron chi connectivity index (χ4n) is 3.97. The van der Waals surface area contributed by atoms with Crippen LogP contribution in [0.1, 0.15) is 20.3 Å². The Morgan fingerprint density at radius 3 is 2.53 bits per heavy atom. The highest BCUT2D eigenvalue weighted by Gasteiger charge is 2.26. The molecule has 3 aromatic rings. The predicted octanol–water partition coefficient (Wildman–Crippen LogP) is 4.32. The Hall–Kier alpha value is -2.26. The van der Waals surface area contributed by atoms with Crippen LogP contribution >= 0.6 is 23.1 Å². The standard InChI is InChI=1S/C21H21F2N3O2S2/c1-12-5-13(2)10-25(9-12)18(27)11-30-21-24-17-3-4-29-19(17)20(28)26(21)16-7-14(22)6-15(23)8-16/h3-4,6-8,12-13H,5,9-11H2,1-2H3/t12-,13-/m1/s1. The molecule has 5 nitrogen and oxygen atoms in total. The molecule has 1 saturated heterocycles. The lowest BCUT2D eigenvalue weighted by atomic mass is 9.92. The van der Waals surface area contributed by atoms with Crippen LogP contribution in [0.5, 0.6) is 0 Å². The molecule has 3 heterocycles. The maximum atomic E-state index is 13.8. The number of thiophene rings is 1. The largest absolute Gasteiger partial charge is 0.341 e. The second-order valence-corrected chi connectivity index (χ2v) is 9.69. The lowest BCUT2D eigenvalue weighted by Crippen LogP contribution is -2.43. The lowest BCUT2D eigenvalue weighted by Gasteiger charge is -2.35. The Balaban J connectivity index is 1.68. The van der Waals surface area contributed by atoms with E-state index in [2.05, 4.69) is 18.8 Å². The molecule has 1 aliphatic heterocycles. The molecule has 1 aromatic carbocycles. The lowest BCUT2D eigenvalue weighted by molar-refractivity contribution is -0.130. The predicted molar refractivity (Wildman–Crippen MR) is 115 cm³/mol. The van der Waals surface area contributed by atoms with Crippen LogP contribution in [0.3, 0.4) is 0 Å². The first kappa shape index (κ1) is 21.0. The van der Waals surface area contributed by atoms with Crippen LogP contribution in [0, 0.1) is 23.5 Å². The fraction of sp³-hybridized carbons (Fsp3) is 0.381. The third-order valence-corrected chi connectivity index (χ3v) is 6.92. The number of aromatic nitrogens is 2. The Labute approximate surface area is 180 Å². The third-order valence-electron chi connectivity index (χ3n) is 5.10. The Morgan fingerprint density at radius 2 is 1.87 bits per heavy atom. The summed E-state index contributed by atoms with van der Waals surface area (Å²) >= 11 is 2.33. The summed E-state index contributed by atoms with van der Waals surface area (Å²) in [5.41, 5.74) is 0.152. The van der Waals surface area contributed by atoms with Crippen molar-refractivity contribution in [1.29, 1.82) is 0 Å². The molecule has 0 saturated carbocycles. The van der Waals surface area contributed by atoms with Gasteiger partial charge in [0.1, 0.15) is 16.3 Å². The minimum absolute atomic E-state index is 0.0324. The van der Waals surface area contributed by atoms with Gasteiger partial charge in [0, 0.05) is 19.2 Å². The molecule has 30 heavy (non-hydrogen) atoms. The second kappa shape index (κ2) is 8.47. The van der Waals surface area contributed by atoms with Crippen molar-refractivity contribution in [1.82, 2.24) is 14.5 Å². The first-order valence-corrected chi connectivity index (χ1v) is 11.6. The highest BCUT2D eigenvalue weighted by molar-refractivity contribution is 7.99. The van der Waals surface area contributed by atoms with Gasteiger partial charge in [-0.1, -0.05) is 25.6 Å². The molecule has 1 aliphatic rings. The first-order chi connectivity index (χ1) is 14.3. The zero-order valence-electron chi connectivity index (χ0n) is 16.6. The summed E-state index contributed by atoms with van der Waals surface area (Å²) in [5.74, 6) is -0.625. The maximum absolute atomic E-state index is 13.8. The van der Waals surface area contributed by atoms with Crippen LogP contribution in [0.25, 0.3) is 15.9 Å². The van der Waals surface area contributed by atoms with Crippen LogP contribution in [0.15, 0.2) is 39.6 Å². The summed E-state index contributed by atoms with van der Waals surface area (Å²) in [4.78, 5) is 32.2. The number of fused-ring (bicyclic) bond motifs is 1. The maximum Gasteiger partial charge on any atom is 0.276 e. The second-order valence-electron chi connectivity index (χ2n) is 7.83. The van der Waals surface area contributed by atoms with E-state index in [1.54, 1.807) is 11.4 Å². The number of halogens is 2. The van der Waals surface area contributed by atoms with Crippen LogP contribution in [-0.2, 0) is 4.79 Å². The van der Waals surface area contributed by atoms with Crippen molar-refractivity contribution in [2.24, 2.45) is 11.8 Å². The topological polar surface area (TPSA) is 55.2 Å². The average molecular weight is 450 g/mol. The minimum atomic E-state index is -0.786. The monoisotopic (exact) mass is 449 g/mol. The molecule has 1 fully saturated rings.